The molecule has 3 aromatic rings. The average Bonchev–Trinajstić information content (AvgIpc) is 4.41. The molecule has 0 bridgehead atoms. The van der Waals surface area contributed by atoms with Gasteiger partial charge in [-0.05, 0) is 111 Å². The third-order valence-electron chi connectivity index (χ3n) is 15.5. The summed E-state index contributed by atoms with van der Waals surface area (Å²) in [5.41, 5.74) is 7.69. The van der Waals surface area contributed by atoms with E-state index in [9.17, 15) is 38.7 Å². The molecule has 4 aliphatic heterocycles. The van der Waals surface area contributed by atoms with Crippen molar-refractivity contribution in [3.63, 3.8) is 0 Å². The fourth-order valence-corrected chi connectivity index (χ4v) is 10.7. The number of nitrogens with one attached hydrogen (secondary N) is 4. The second kappa shape index (κ2) is 22.6. The summed E-state index contributed by atoms with van der Waals surface area (Å²) in [6.45, 7) is 5.91. The highest BCUT2D eigenvalue weighted by Crippen LogP contribution is 2.57. The Kier molecular flexibility index (Phi) is 16.0. The largest absolute Gasteiger partial charge is 0.493 e. The molecule has 22 nitrogen and oxygen atoms in total. The van der Waals surface area contributed by atoms with Crippen molar-refractivity contribution in [2.45, 2.75) is 116 Å². The van der Waals surface area contributed by atoms with Crippen molar-refractivity contribution >= 4 is 64.8 Å². The predicted octanol–water partition coefficient (Wildman–Crippen LogP) is 4.17. The van der Waals surface area contributed by atoms with Crippen molar-refractivity contribution in [3.8, 4) is 23.0 Å². The number of hydrogen-bond donors (Lipinski definition) is 6. The second-order valence-electron chi connectivity index (χ2n) is 21.5. The minimum Gasteiger partial charge on any atom is -0.493 e. The summed E-state index contributed by atoms with van der Waals surface area (Å²) in [5.74, 6) is -1.45. The smallest absolute Gasteiger partial charge is 0.416 e. The number of rotatable bonds is 21. The predicted molar refractivity (Wildman–Crippen MR) is 281 cm³/mol. The van der Waals surface area contributed by atoms with Crippen LogP contribution in [0.2, 0.25) is 0 Å². The minimum absolute atomic E-state index is 0.00416. The third kappa shape index (κ3) is 11.9. The lowest BCUT2D eigenvalue weighted by Crippen LogP contribution is -2.55. The molecule has 2 saturated heterocycles. The molecule has 0 aromatic heterocycles. The Morgan fingerprint density at radius 2 is 1.39 bits per heavy atom. The van der Waals surface area contributed by atoms with Gasteiger partial charge in [0.25, 0.3) is 11.8 Å². The van der Waals surface area contributed by atoms with Crippen LogP contribution in [0, 0.1) is 16.7 Å². The van der Waals surface area contributed by atoms with Gasteiger partial charge in [0, 0.05) is 37.1 Å². The number of unbranched alkanes of at least 4 members (excludes halogenated alkanes) is 2. The Bertz CT molecular complexity index is 2810. The first kappa shape index (κ1) is 54.3. The van der Waals surface area contributed by atoms with Crippen LogP contribution in [-0.4, -0.2) is 147 Å². The Morgan fingerprint density at radius 1 is 0.766 bits per heavy atom. The highest BCUT2D eigenvalue weighted by atomic mass is 16.6. The van der Waals surface area contributed by atoms with E-state index in [-0.39, 0.29) is 83.7 Å². The molecule has 5 atom stereocenters. The number of methoxy groups -OCH3 is 2. The van der Waals surface area contributed by atoms with E-state index in [1.165, 1.54) is 20.1 Å². The lowest BCUT2D eigenvalue weighted by atomic mass is 10.0. The summed E-state index contributed by atoms with van der Waals surface area (Å²) in [6.07, 6.45) is 7.17. The molecule has 2 spiro atoms. The van der Waals surface area contributed by atoms with Crippen LogP contribution in [-0.2, 0) is 30.5 Å². The van der Waals surface area contributed by atoms with Gasteiger partial charge in [-0.3, -0.25) is 33.8 Å². The van der Waals surface area contributed by atoms with Crippen molar-refractivity contribution in [2.24, 2.45) is 27.5 Å². The van der Waals surface area contributed by atoms with E-state index >= 15 is 0 Å². The number of hydrogen-bond acceptors (Lipinski definition) is 15. The summed E-state index contributed by atoms with van der Waals surface area (Å²) in [6, 6.07) is 10.4. The molecule has 77 heavy (non-hydrogen) atoms. The van der Waals surface area contributed by atoms with Crippen LogP contribution in [0.25, 0.3) is 0 Å². The van der Waals surface area contributed by atoms with Gasteiger partial charge in [0.2, 0.25) is 23.6 Å². The number of fused-ring (bicyclic) bond motifs is 4. The maximum Gasteiger partial charge on any atom is 0.416 e. The molecule has 2 saturated carbocycles. The first-order chi connectivity index (χ1) is 36.9. The van der Waals surface area contributed by atoms with Gasteiger partial charge < -0.3 is 65.6 Å². The quantitative estimate of drug-likeness (QED) is 0.0818. The highest BCUT2D eigenvalue weighted by molar-refractivity contribution is 6.06. The molecule has 4 heterocycles. The van der Waals surface area contributed by atoms with Crippen molar-refractivity contribution in [2.75, 3.05) is 63.8 Å². The van der Waals surface area contributed by atoms with E-state index in [1.807, 2.05) is 11.1 Å². The average molecular weight is 1060 g/mol. The monoisotopic (exact) mass is 1060 g/mol. The highest BCUT2D eigenvalue weighted by Gasteiger charge is 2.58. The molecule has 4 fully saturated rings. The van der Waals surface area contributed by atoms with Gasteiger partial charge in [0.05, 0.1) is 75.1 Å². The zero-order chi connectivity index (χ0) is 54.8. The van der Waals surface area contributed by atoms with E-state index in [2.05, 4.69) is 21.3 Å². The number of benzene rings is 3. The Hall–Kier alpha value is -7.46. The molecule has 412 valence electrons. The van der Waals surface area contributed by atoms with E-state index in [0.717, 1.165) is 50.0 Å². The van der Waals surface area contributed by atoms with Gasteiger partial charge in [-0.15, -0.1) is 0 Å². The Labute approximate surface area is 446 Å². The topological polar surface area (TPSA) is 282 Å². The SMILES string of the molecule is COc1cc2c(cc1OCCCCCOc1cc3c(cc1OC)C(=O)N1CC4(CC4)C[C@H]1[C@H](O)N3C(=O)OCc1ccc(NC(=O)[C@H](C)NC(=O)[C@@H](NC(=O)CNC(=O)CN)C(C)C)cc1)N=C[C@@H]1CC3(CC3)CN1C2=O. The number of aliphatic imine (C=N–C) groups is 1. The van der Waals surface area contributed by atoms with E-state index in [4.69, 9.17) is 34.4 Å². The van der Waals surface area contributed by atoms with Crippen LogP contribution >= 0.6 is 0 Å². The molecule has 7 amide bonds. The summed E-state index contributed by atoms with van der Waals surface area (Å²) < 4.78 is 29.6. The number of nitrogens with two attached hydrogens (primary N) is 1. The standard InChI is InChI=1S/C55H69N9O13/c1-31(2)47(61-46(66)27-58-45(65)25-56)49(68)59-32(3)48(67)60-34-11-9-33(10-12-34)28-77-53(72)64-39-22-44(42(74-5)20-37(39)51(70)63-30-55(15-16-55)24-40(63)52(64)71)76-18-8-6-7-17-75-43-21-38-36(19-41(43)73-4)50(69)62-29-54(13-14-54)23-35(62)26-57-38/h9-12,19-22,26,31-32,35,40,47,52,71H,6-8,13-18,23-25,27-30,56H2,1-5H3,(H,58,65)(H,59,68)(H,60,67)(H,61,66)/t32-,35-,40-,47-,52-/m0/s1. The van der Waals surface area contributed by atoms with E-state index in [1.54, 1.807) is 68.3 Å². The van der Waals surface area contributed by atoms with Crippen LogP contribution in [0.15, 0.2) is 53.5 Å². The first-order valence-corrected chi connectivity index (χ1v) is 26.4. The fraction of sp³-hybridized carbons (Fsp3) is 0.527. The fourth-order valence-electron chi connectivity index (χ4n) is 10.7. The van der Waals surface area contributed by atoms with Crippen molar-refractivity contribution in [1.29, 1.82) is 0 Å². The maximum absolute atomic E-state index is 14.3. The molecular weight excluding hydrogens is 995 g/mol. The summed E-state index contributed by atoms with van der Waals surface area (Å²) >= 11 is 0. The molecule has 7 N–H and O–H groups in total. The molecule has 0 unspecified atom stereocenters. The number of aliphatic hydroxyl groups is 1. The lowest BCUT2D eigenvalue weighted by Gasteiger charge is -2.31. The van der Waals surface area contributed by atoms with Crippen LogP contribution in [0.5, 0.6) is 23.0 Å². The molecule has 3 aromatic carbocycles. The third-order valence-corrected chi connectivity index (χ3v) is 15.5. The molecule has 9 rings (SSSR count). The Morgan fingerprint density at radius 3 is 2.03 bits per heavy atom. The number of carbonyl (C=O) groups is 7. The normalized spacial score (nSPS) is 20.7. The van der Waals surface area contributed by atoms with Gasteiger partial charge in [-0.2, -0.15) is 0 Å². The number of nitrogens with zero attached hydrogens (tertiary/aromatic N) is 4. The van der Waals surface area contributed by atoms with Gasteiger partial charge in [-0.25, -0.2) is 9.69 Å². The van der Waals surface area contributed by atoms with E-state index < -0.39 is 54.1 Å². The van der Waals surface area contributed by atoms with Crippen molar-refractivity contribution in [1.82, 2.24) is 25.8 Å². The molecule has 0 radical (unpaired) electrons. The van der Waals surface area contributed by atoms with Gasteiger partial charge in [-0.1, -0.05) is 26.0 Å². The first-order valence-electron chi connectivity index (χ1n) is 26.4. The van der Waals surface area contributed by atoms with Gasteiger partial charge in [0.15, 0.2) is 29.2 Å². The number of amides is 7. The summed E-state index contributed by atoms with van der Waals surface area (Å²) in [5, 5.41) is 22.3. The number of ether oxygens (including phenoxy) is 5. The zero-order valence-corrected chi connectivity index (χ0v) is 44.2. The van der Waals surface area contributed by atoms with Crippen LogP contribution < -0.4 is 50.8 Å². The van der Waals surface area contributed by atoms with Crippen LogP contribution in [0.3, 0.4) is 0 Å². The Balaban J connectivity index is 0.800. The van der Waals surface area contributed by atoms with Gasteiger partial charge in [0.1, 0.15) is 18.7 Å². The summed E-state index contributed by atoms with van der Waals surface area (Å²) in [7, 11) is 3.02. The number of aliphatic hydroxyl groups excluding tert-OH is 1. The molecule has 6 aliphatic rings. The maximum atomic E-state index is 14.3. The zero-order valence-electron chi connectivity index (χ0n) is 44.2. The molecule has 22 heteroatoms. The van der Waals surface area contributed by atoms with Crippen molar-refractivity contribution in [3.05, 3.63) is 65.2 Å². The lowest BCUT2D eigenvalue weighted by molar-refractivity contribution is -0.132. The number of carbonyl (C=O) groups excluding carboxylic acids is 7. The minimum atomic E-state index is -1.44. The molecule has 2 aliphatic carbocycles. The van der Waals surface area contributed by atoms with E-state index in [0.29, 0.717) is 66.4 Å². The second-order valence-corrected chi connectivity index (χ2v) is 21.5. The van der Waals surface area contributed by atoms with Crippen LogP contribution in [0.1, 0.15) is 105 Å². The molecular formula is C55H69N9O13. The summed E-state index contributed by atoms with van der Waals surface area (Å²) in [4.78, 5) is 102. The van der Waals surface area contributed by atoms with Crippen molar-refractivity contribution < 1.29 is 62.4 Å². The number of anilines is 2. The van der Waals surface area contributed by atoms with Gasteiger partial charge >= 0.3 is 6.09 Å². The van der Waals surface area contributed by atoms with Crippen LogP contribution in [0.4, 0.5) is 21.9 Å².